The summed E-state index contributed by atoms with van der Waals surface area (Å²) in [4.78, 5) is 29.4. The minimum Gasteiger partial charge on any atom is -0.351 e. The van der Waals surface area contributed by atoms with Crippen LogP contribution in [0.15, 0.2) is 48.7 Å². The van der Waals surface area contributed by atoms with Crippen LogP contribution < -0.4 is 10.6 Å². The SMILES string of the molecule is CC(C)CCNC(=O)c1nc(C(=O)Nc2ccccc2F)n2ccccc12. The fraction of sp³-hybridized carbons (Fsp3) is 0.250. The van der Waals surface area contributed by atoms with Crippen molar-refractivity contribution >= 4 is 23.0 Å². The summed E-state index contributed by atoms with van der Waals surface area (Å²) in [5.74, 6) is -1.00. The first kappa shape index (κ1) is 18.6. The van der Waals surface area contributed by atoms with E-state index in [1.54, 1.807) is 30.5 Å². The van der Waals surface area contributed by atoms with E-state index in [0.29, 0.717) is 18.0 Å². The highest BCUT2D eigenvalue weighted by Gasteiger charge is 2.22. The van der Waals surface area contributed by atoms with E-state index in [2.05, 4.69) is 29.5 Å². The molecule has 7 heteroatoms. The van der Waals surface area contributed by atoms with Crippen molar-refractivity contribution in [2.24, 2.45) is 5.92 Å². The molecule has 0 radical (unpaired) electrons. The Morgan fingerprint density at radius 1 is 1.11 bits per heavy atom. The molecule has 0 spiro atoms. The number of rotatable bonds is 6. The van der Waals surface area contributed by atoms with Gasteiger partial charge in [-0.2, -0.15) is 0 Å². The predicted octanol–water partition coefficient (Wildman–Crippen LogP) is 3.50. The number of imidazole rings is 1. The molecule has 0 atom stereocenters. The number of carbonyl (C=O) groups excluding carboxylic acids is 2. The van der Waals surface area contributed by atoms with Crippen LogP contribution in [0.25, 0.3) is 5.52 Å². The molecule has 3 aromatic rings. The minimum absolute atomic E-state index is 0.0165. The van der Waals surface area contributed by atoms with Gasteiger partial charge in [0.2, 0.25) is 5.82 Å². The number of anilines is 1. The standard InChI is InChI=1S/C20H21FN4O2/c1-13(2)10-11-22-19(26)17-16-9-5-6-12-25(16)18(24-17)20(27)23-15-8-4-3-7-14(15)21/h3-9,12-13H,10-11H2,1-2H3,(H,22,26)(H,23,27). The van der Waals surface area contributed by atoms with Crippen LogP contribution in [0.2, 0.25) is 0 Å². The average Bonchev–Trinajstić information content (AvgIpc) is 3.03. The molecule has 2 aromatic heterocycles. The van der Waals surface area contributed by atoms with Crippen molar-refractivity contribution in [2.75, 3.05) is 11.9 Å². The molecule has 2 N–H and O–H groups in total. The molecule has 6 nitrogen and oxygen atoms in total. The van der Waals surface area contributed by atoms with E-state index in [9.17, 15) is 14.0 Å². The van der Waals surface area contributed by atoms with E-state index >= 15 is 0 Å². The molecule has 3 rings (SSSR count). The molecular formula is C20H21FN4O2. The zero-order valence-corrected chi connectivity index (χ0v) is 15.2. The summed E-state index contributed by atoms with van der Waals surface area (Å²) in [6.07, 6.45) is 2.49. The third-order valence-electron chi connectivity index (χ3n) is 4.10. The molecule has 0 saturated carbocycles. The van der Waals surface area contributed by atoms with Crippen molar-refractivity contribution in [3.05, 3.63) is 66.0 Å². The van der Waals surface area contributed by atoms with E-state index in [4.69, 9.17) is 0 Å². The molecule has 0 aliphatic carbocycles. The van der Waals surface area contributed by atoms with E-state index in [1.807, 2.05) is 0 Å². The molecule has 140 valence electrons. The normalized spacial score (nSPS) is 11.0. The molecule has 2 heterocycles. The van der Waals surface area contributed by atoms with Gasteiger partial charge in [-0.25, -0.2) is 9.37 Å². The fourth-order valence-corrected chi connectivity index (χ4v) is 2.66. The molecule has 0 aliphatic heterocycles. The van der Waals surface area contributed by atoms with Crippen LogP contribution in [0.5, 0.6) is 0 Å². The monoisotopic (exact) mass is 368 g/mol. The van der Waals surface area contributed by atoms with Gasteiger partial charge in [-0.3, -0.25) is 14.0 Å². The number of carbonyl (C=O) groups is 2. The number of aromatic nitrogens is 2. The van der Waals surface area contributed by atoms with Gasteiger partial charge < -0.3 is 10.6 Å². The molecule has 0 unspecified atom stereocenters. The van der Waals surface area contributed by atoms with Gasteiger partial charge in [0.05, 0.1) is 11.2 Å². The summed E-state index contributed by atoms with van der Waals surface area (Å²) in [6, 6.07) is 11.1. The highest BCUT2D eigenvalue weighted by molar-refractivity contribution is 6.06. The first-order chi connectivity index (χ1) is 13.0. The van der Waals surface area contributed by atoms with Crippen LogP contribution in [0.4, 0.5) is 10.1 Å². The van der Waals surface area contributed by atoms with E-state index < -0.39 is 11.7 Å². The number of para-hydroxylation sites is 1. The summed E-state index contributed by atoms with van der Waals surface area (Å²) in [5.41, 5.74) is 0.731. The number of nitrogens with zero attached hydrogens (tertiary/aromatic N) is 2. The summed E-state index contributed by atoms with van der Waals surface area (Å²) < 4.78 is 15.3. The van der Waals surface area contributed by atoms with Gasteiger partial charge in [-0.1, -0.05) is 32.0 Å². The third kappa shape index (κ3) is 4.13. The fourth-order valence-electron chi connectivity index (χ4n) is 2.66. The molecule has 0 bridgehead atoms. The van der Waals surface area contributed by atoms with E-state index in [-0.39, 0.29) is 23.1 Å². The second kappa shape index (κ2) is 7.99. The summed E-state index contributed by atoms with van der Waals surface area (Å²) in [5, 5.41) is 5.33. The van der Waals surface area contributed by atoms with Gasteiger partial charge in [0, 0.05) is 12.7 Å². The second-order valence-corrected chi connectivity index (χ2v) is 6.61. The quantitative estimate of drug-likeness (QED) is 0.699. The number of fused-ring (bicyclic) bond motifs is 1. The highest BCUT2D eigenvalue weighted by atomic mass is 19.1. The smallest absolute Gasteiger partial charge is 0.292 e. The largest absolute Gasteiger partial charge is 0.351 e. The third-order valence-corrected chi connectivity index (χ3v) is 4.10. The Hall–Kier alpha value is -3.22. The van der Waals surface area contributed by atoms with Crippen molar-refractivity contribution in [2.45, 2.75) is 20.3 Å². The number of benzene rings is 1. The molecule has 2 amide bonds. The molecule has 1 aromatic carbocycles. The topological polar surface area (TPSA) is 75.5 Å². The molecule has 27 heavy (non-hydrogen) atoms. The van der Waals surface area contributed by atoms with Crippen LogP contribution >= 0.6 is 0 Å². The summed E-state index contributed by atoms with van der Waals surface area (Å²) >= 11 is 0. The lowest BCUT2D eigenvalue weighted by Crippen LogP contribution is -2.26. The van der Waals surface area contributed by atoms with Crippen LogP contribution in [0.3, 0.4) is 0 Å². The Kier molecular flexibility index (Phi) is 5.49. The van der Waals surface area contributed by atoms with Gasteiger partial charge in [0.1, 0.15) is 5.82 Å². The lowest BCUT2D eigenvalue weighted by molar-refractivity contribution is 0.0949. The Bertz CT molecular complexity index is 981. The second-order valence-electron chi connectivity index (χ2n) is 6.61. The van der Waals surface area contributed by atoms with Crippen molar-refractivity contribution in [1.29, 1.82) is 0 Å². The van der Waals surface area contributed by atoms with Gasteiger partial charge in [-0.15, -0.1) is 0 Å². The maximum Gasteiger partial charge on any atom is 0.292 e. The Labute approximate surface area is 156 Å². The van der Waals surface area contributed by atoms with Gasteiger partial charge >= 0.3 is 0 Å². The molecule has 0 aliphatic rings. The number of halogens is 1. The van der Waals surface area contributed by atoms with Crippen LogP contribution in [0.1, 0.15) is 41.4 Å². The predicted molar refractivity (Wildman–Crippen MR) is 101 cm³/mol. The van der Waals surface area contributed by atoms with Crippen molar-refractivity contribution in [1.82, 2.24) is 14.7 Å². The first-order valence-corrected chi connectivity index (χ1v) is 8.78. The van der Waals surface area contributed by atoms with Gasteiger partial charge in [-0.05, 0) is 36.6 Å². The number of amides is 2. The van der Waals surface area contributed by atoms with Crippen LogP contribution in [-0.4, -0.2) is 27.7 Å². The zero-order chi connectivity index (χ0) is 19.4. The molecule has 0 saturated heterocycles. The number of nitrogens with one attached hydrogen (secondary N) is 2. The summed E-state index contributed by atoms with van der Waals surface area (Å²) in [7, 11) is 0. The van der Waals surface area contributed by atoms with E-state index in [0.717, 1.165) is 6.42 Å². The summed E-state index contributed by atoms with van der Waals surface area (Å²) in [6.45, 7) is 4.67. The maximum absolute atomic E-state index is 13.8. The van der Waals surface area contributed by atoms with Crippen molar-refractivity contribution < 1.29 is 14.0 Å². The highest BCUT2D eigenvalue weighted by Crippen LogP contribution is 2.17. The van der Waals surface area contributed by atoms with Gasteiger partial charge in [0.25, 0.3) is 11.8 Å². The Balaban J connectivity index is 1.89. The lowest BCUT2D eigenvalue weighted by Gasteiger charge is -2.05. The number of pyridine rings is 1. The first-order valence-electron chi connectivity index (χ1n) is 8.78. The van der Waals surface area contributed by atoms with Crippen LogP contribution in [0, 0.1) is 11.7 Å². The van der Waals surface area contributed by atoms with E-state index in [1.165, 1.54) is 22.6 Å². The Morgan fingerprint density at radius 2 is 1.85 bits per heavy atom. The average molecular weight is 368 g/mol. The maximum atomic E-state index is 13.8. The number of hydrogen-bond donors (Lipinski definition) is 2. The number of hydrogen-bond acceptors (Lipinski definition) is 3. The van der Waals surface area contributed by atoms with Gasteiger partial charge in [0.15, 0.2) is 5.69 Å². The lowest BCUT2D eigenvalue weighted by atomic mass is 10.1. The van der Waals surface area contributed by atoms with Crippen LogP contribution in [-0.2, 0) is 0 Å². The van der Waals surface area contributed by atoms with Crippen molar-refractivity contribution in [3.63, 3.8) is 0 Å². The molecular weight excluding hydrogens is 347 g/mol. The Morgan fingerprint density at radius 3 is 2.59 bits per heavy atom. The molecule has 0 fully saturated rings. The van der Waals surface area contributed by atoms with Crippen molar-refractivity contribution in [3.8, 4) is 0 Å². The minimum atomic E-state index is -0.595. The zero-order valence-electron chi connectivity index (χ0n) is 15.2.